The maximum Gasteiger partial charge on any atom is 0.418 e. The lowest BCUT2D eigenvalue weighted by Crippen LogP contribution is -2.48. The summed E-state index contributed by atoms with van der Waals surface area (Å²) in [5, 5.41) is 31.1. The molecule has 0 aliphatic carbocycles. The van der Waals surface area contributed by atoms with Gasteiger partial charge < -0.3 is 20.0 Å². The lowest BCUT2D eigenvalue weighted by molar-refractivity contribution is -0.207. The van der Waals surface area contributed by atoms with Crippen LogP contribution in [0.4, 0.5) is 42.1 Å². The van der Waals surface area contributed by atoms with Gasteiger partial charge in [0.2, 0.25) is 0 Å². The zero-order chi connectivity index (χ0) is 35.0. The van der Waals surface area contributed by atoms with Gasteiger partial charge in [0.05, 0.1) is 6.54 Å². The van der Waals surface area contributed by atoms with Crippen LogP contribution in [0.25, 0.3) is 11.1 Å². The summed E-state index contributed by atoms with van der Waals surface area (Å²) in [6.07, 6.45) is -5.10. The van der Waals surface area contributed by atoms with Crippen LogP contribution in [0, 0.1) is 11.6 Å². The topological polar surface area (TPSA) is 103 Å². The number of tetrazole rings is 1. The monoisotopic (exact) mass is 687 g/mol. The van der Waals surface area contributed by atoms with Crippen LogP contribution >= 0.6 is 0 Å². The molecule has 0 saturated carbocycles. The van der Waals surface area contributed by atoms with Crippen molar-refractivity contribution >= 4 is 11.4 Å². The number of alkyl halides is 5. The van der Waals surface area contributed by atoms with Gasteiger partial charge in [-0.2, -0.15) is 22.0 Å². The van der Waals surface area contributed by atoms with E-state index in [1.54, 1.807) is 24.3 Å². The van der Waals surface area contributed by atoms with Gasteiger partial charge in [-0.1, -0.05) is 30.3 Å². The van der Waals surface area contributed by atoms with Gasteiger partial charge in [-0.3, -0.25) is 4.98 Å². The molecule has 2 unspecified atom stereocenters. The maximum absolute atomic E-state index is 16.1. The Balaban J connectivity index is 1.14. The van der Waals surface area contributed by atoms with E-state index in [-0.39, 0.29) is 5.56 Å². The number of halogens is 7. The summed E-state index contributed by atoms with van der Waals surface area (Å²) in [4.78, 5) is 8.08. The molecule has 16 heteroatoms. The first kappa shape index (κ1) is 33.8. The van der Waals surface area contributed by atoms with E-state index in [4.69, 9.17) is 0 Å². The number of nitrogens with zero attached hydrogens (tertiary/aromatic N) is 7. The van der Waals surface area contributed by atoms with E-state index < -0.39 is 53.2 Å². The Bertz CT molecular complexity index is 1870. The summed E-state index contributed by atoms with van der Waals surface area (Å²) in [6, 6.07) is 17.3. The highest BCUT2D eigenvalue weighted by Gasteiger charge is 2.58. The molecule has 0 radical (unpaired) electrons. The molecule has 0 amide bonds. The average Bonchev–Trinajstić information content (AvgIpc) is 3.60. The van der Waals surface area contributed by atoms with Crippen molar-refractivity contribution in [3.8, 4) is 11.1 Å². The van der Waals surface area contributed by atoms with E-state index >= 15 is 8.78 Å². The van der Waals surface area contributed by atoms with Crippen LogP contribution < -0.4 is 9.80 Å². The van der Waals surface area contributed by atoms with Gasteiger partial charge in [-0.25, -0.2) is 13.5 Å². The highest BCUT2D eigenvalue weighted by atomic mass is 19.4. The molecular formula is C33H28F7N7O2. The van der Waals surface area contributed by atoms with E-state index in [0.29, 0.717) is 43.4 Å². The third kappa shape index (κ3) is 6.78. The van der Waals surface area contributed by atoms with Gasteiger partial charge in [0.1, 0.15) is 23.7 Å². The van der Waals surface area contributed by atoms with E-state index in [9.17, 15) is 32.2 Å². The number of anilines is 2. The molecule has 0 bridgehead atoms. The molecular weight excluding hydrogens is 659 g/mol. The van der Waals surface area contributed by atoms with Crippen LogP contribution in [0.2, 0.25) is 0 Å². The molecule has 5 aromatic rings. The first-order valence-electron chi connectivity index (χ1n) is 14.9. The van der Waals surface area contributed by atoms with E-state index in [0.717, 1.165) is 40.6 Å². The Morgan fingerprint density at radius 1 is 0.755 bits per heavy atom. The van der Waals surface area contributed by atoms with Gasteiger partial charge in [0.25, 0.3) is 0 Å². The van der Waals surface area contributed by atoms with Crippen molar-refractivity contribution in [2.24, 2.45) is 0 Å². The summed E-state index contributed by atoms with van der Waals surface area (Å²) >= 11 is 0. The molecule has 1 fully saturated rings. The SMILES string of the molecule is OC(c1ccc(N2CCN(c3ccc(-c4ccc(C(F)(F)C(O)(Cn5cnnn5)c5ccc(F)cc5F)nc4)cc3)CC2)cc1)C(F)(F)F. The fraction of sp³-hybridized carbons (Fsp3) is 0.273. The third-order valence-electron chi connectivity index (χ3n) is 8.49. The standard InChI is InChI=1S/C33H28F7N7O2/c34-24-6-11-27(28(35)17-24)31(49,19-47-20-42-43-44-47)32(36,37)29-12-5-23(18-41-29)21-1-7-25(8-2-21)45-13-15-46(16-14-45)26-9-3-22(4-10-26)30(48)33(38,39)40/h1-12,17-18,20,30,48-49H,13-16,19H2. The Labute approximate surface area is 274 Å². The maximum atomic E-state index is 16.1. The minimum absolute atomic E-state index is 0.226. The summed E-state index contributed by atoms with van der Waals surface area (Å²) in [5.41, 5.74) is -2.41. The summed E-state index contributed by atoms with van der Waals surface area (Å²) in [5.74, 6) is -6.58. The number of rotatable bonds is 9. The molecule has 0 spiro atoms. The Hall–Kier alpha value is -5.09. The van der Waals surface area contributed by atoms with Crippen LogP contribution in [-0.4, -0.2) is 67.8 Å². The van der Waals surface area contributed by atoms with Crippen LogP contribution in [0.1, 0.15) is 22.9 Å². The molecule has 6 rings (SSSR count). The van der Waals surface area contributed by atoms with Crippen molar-refractivity contribution in [1.29, 1.82) is 0 Å². The first-order chi connectivity index (χ1) is 23.3. The second-order valence-electron chi connectivity index (χ2n) is 11.6. The van der Waals surface area contributed by atoms with Crippen molar-refractivity contribution in [1.82, 2.24) is 25.2 Å². The van der Waals surface area contributed by atoms with E-state index in [1.807, 2.05) is 17.0 Å². The molecule has 2 aromatic heterocycles. The van der Waals surface area contributed by atoms with Crippen molar-refractivity contribution in [3.05, 3.63) is 120 Å². The highest BCUT2D eigenvalue weighted by molar-refractivity contribution is 5.66. The molecule has 1 aliphatic rings. The van der Waals surface area contributed by atoms with Gasteiger partial charge in [-0.15, -0.1) is 5.10 Å². The normalized spacial score (nSPS) is 16.0. The Morgan fingerprint density at radius 2 is 1.35 bits per heavy atom. The van der Waals surface area contributed by atoms with Crippen LogP contribution in [0.5, 0.6) is 0 Å². The van der Waals surface area contributed by atoms with Gasteiger partial charge >= 0.3 is 12.1 Å². The fourth-order valence-corrected chi connectivity index (χ4v) is 5.77. The number of piperazine rings is 1. The summed E-state index contributed by atoms with van der Waals surface area (Å²) < 4.78 is 99.8. The van der Waals surface area contributed by atoms with Crippen LogP contribution in [0.15, 0.2) is 91.4 Å². The van der Waals surface area contributed by atoms with Crippen LogP contribution in [-0.2, 0) is 18.1 Å². The van der Waals surface area contributed by atoms with Crippen molar-refractivity contribution in [2.75, 3.05) is 36.0 Å². The van der Waals surface area contributed by atoms with E-state index in [1.165, 1.54) is 24.4 Å². The predicted molar refractivity (Wildman–Crippen MR) is 164 cm³/mol. The lowest BCUT2D eigenvalue weighted by atomic mass is 9.84. The number of aromatic nitrogens is 5. The largest absolute Gasteiger partial charge is 0.418 e. The number of aliphatic hydroxyl groups is 2. The minimum atomic E-state index is -4.74. The molecule has 3 heterocycles. The van der Waals surface area contributed by atoms with Crippen molar-refractivity contribution in [3.63, 3.8) is 0 Å². The lowest BCUT2D eigenvalue weighted by Gasteiger charge is -2.37. The molecule has 256 valence electrons. The molecule has 1 saturated heterocycles. The molecule has 1 aliphatic heterocycles. The number of hydrogen-bond acceptors (Lipinski definition) is 8. The fourth-order valence-electron chi connectivity index (χ4n) is 5.77. The molecule has 49 heavy (non-hydrogen) atoms. The zero-order valence-electron chi connectivity index (χ0n) is 25.4. The van der Waals surface area contributed by atoms with Crippen LogP contribution in [0.3, 0.4) is 0 Å². The first-order valence-corrected chi connectivity index (χ1v) is 14.9. The second-order valence-corrected chi connectivity index (χ2v) is 11.6. The van der Waals surface area contributed by atoms with Gasteiger partial charge in [-0.05, 0) is 64.0 Å². The van der Waals surface area contributed by atoms with Crippen molar-refractivity contribution < 1.29 is 40.9 Å². The van der Waals surface area contributed by atoms with Crippen molar-refractivity contribution in [2.45, 2.75) is 30.3 Å². The average molecular weight is 688 g/mol. The second kappa shape index (κ2) is 13.1. The third-order valence-corrected chi connectivity index (χ3v) is 8.49. The molecule has 2 atom stereocenters. The molecule has 2 N–H and O–H groups in total. The Kier molecular flexibility index (Phi) is 9.02. The number of hydrogen-bond donors (Lipinski definition) is 2. The summed E-state index contributed by atoms with van der Waals surface area (Å²) in [6.45, 7) is 1.49. The smallest absolute Gasteiger partial charge is 0.379 e. The Morgan fingerprint density at radius 3 is 1.86 bits per heavy atom. The number of pyridine rings is 1. The highest BCUT2D eigenvalue weighted by Crippen LogP contribution is 2.47. The molecule has 3 aromatic carbocycles. The predicted octanol–water partition coefficient (Wildman–Crippen LogP) is 5.62. The van der Waals surface area contributed by atoms with Gasteiger partial charge in [0, 0.05) is 60.9 Å². The minimum Gasteiger partial charge on any atom is -0.379 e. The zero-order valence-corrected chi connectivity index (χ0v) is 25.4. The van der Waals surface area contributed by atoms with E-state index in [2.05, 4.69) is 25.4 Å². The van der Waals surface area contributed by atoms with Gasteiger partial charge in [0.15, 0.2) is 11.7 Å². The number of aliphatic hydroxyl groups excluding tert-OH is 1. The molecule has 9 nitrogen and oxygen atoms in total. The number of benzene rings is 3. The summed E-state index contributed by atoms with van der Waals surface area (Å²) in [7, 11) is 0. The quantitative estimate of drug-likeness (QED) is 0.193.